The van der Waals surface area contributed by atoms with Crippen LogP contribution in [0.15, 0.2) is 56.9 Å². The lowest BCUT2D eigenvalue weighted by atomic mass is 9.96. The molecule has 0 bridgehead atoms. The van der Waals surface area contributed by atoms with Gasteiger partial charge in [0.1, 0.15) is 0 Å². The molecule has 0 radical (unpaired) electrons. The summed E-state index contributed by atoms with van der Waals surface area (Å²) >= 11 is 1.44. The Morgan fingerprint density at radius 1 is 1.00 bits per heavy atom. The first-order valence-corrected chi connectivity index (χ1v) is 11.7. The van der Waals surface area contributed by atoms with E-state index >= 15 is 0 Å². The van der Waals surface area contributed by atoms with Crippen LogP contribution < -0.4 is 5.56 Å². The van der Waals surface area contributed by atoms with Gasteiger partial charge in [-0.1, -0.05) is 68.0 Å². The first-order valence-electron chi connectivity index (χ1n) is 10.7. The molecule has 33 heavy (non-hydrogen) atoms. The van der Waals surface area contributed by atoms with Crippen LogP contribution in [0.3, 0.4) is 0 Å². The normalized spacial score (nSPS) is 12.2. The number of thioether (sulfide) groups is 1. The fourth-order valence-corrected chi connectivity index (χ4v) is 4.65. The molecule has 0 amide bonds. The zero-order valence-corrected chi connectivity index (χ0v) is 20.0. The van der Waals surface area contributed by atoms with Crippen molar-refractivity contribution in [3.63, 3.8) is 0 Å². The monoisotopic (exact) mass is 460 g/mol. The minimum atomic E-state index is -0.189. The molecule has 8 nitrogen and oxygen atoms in total. The summed E-state index contributed by atoms with van der Waals surface area (Å²) in [6.07, 6.45) is 0. The third-order valence-electron chi connectivity index (χ3n) is 5.52. The molecule has 0 fully saturated rings. The average Bonchev–Trinajstić information content (AvgIpc) is 3.41. The van der Waals surface area contributed by atoms with Crippen LogP contribution in [0, 0.1) is 13.8 Å². The third kappa shape index (κ3) is 3.62. The Kier molecular flexibility index (Phi) is 5.08. The number of para-hydroxylation sites is 2. The highest BCUT2D eigenvalue weighted by molar-refractivity contribution is 7.98. The molecule has 2 aromatic carbocycles. The van der Waals surface area contributed by atoms with Gasteiger partial charge in [0.05, 0.1) is 22.3 Å². The molecule has 0 aliphatic carbocycles. The van der Waals surface area contributed by atoms with E-state index in [2.05, 4.69) is 20.3 Å². The second-order valence-electron chi connectivity index (χ2n) is 9.07. The summed E-state index contributed by atoms with van der Waals surface area (Å²) in [5.41, 5.74) is 3.26. The lowest BCUT2D eigenvalue weighted by Crippen LogP contribution is -2.23. The fourth-order valence-electron chi connectivity index (χ4n) is 3.88. The number of hydrogen-bond donors (Lipinski definition) is 0. The van der Waals surface area contributed by atoms with Crippen molar-refractivity contribution in [2.24, 2.45) is 0 Å². The zero-order valence-electron chi connectivity index (χ0n) is 19.2. The predicted molar refractivity (Wildman–Crippen MR) is 128 cm³/mol. The minimum absolute atomic E-state index is 0.119. The van der Waals surface area contributed by atoms with Gasteiger partial charge in [-0.05, 0) is 37.1 Å². The molecule has 5 aromatic rings. The number of rotatable bonds is 4. The molecule has 0 saturated heterocycles. The van der Waals surface area contributed by atoms with Gasteiger partial charge in [0.15, 0.2) is 11.0 Å². The quantitative estimate of drug-likeness (QED) is 0.361. The van der Waals surface area contributed by atoms with E-state index in [0.29, 0.717) is 33.8 Å². The van der Waals surface area contributed by atoms with E-state index < -0.39 is 0 Å². The standard InChI is InChI=1S/C24H24N6O2S/c1-14-9-8-10-15(2)19(14)30-20(31)16-11-6-7-12-17(16)29-22(30)26-27-23(29)33-13-18-25-21(28-32-18)24(3,4)5/h6-12H,13H2,1-5H3. The first-order chi connectivity index (χ1) is 15.8. The van der Waals surface area contributed by atoms with Crippen LogP contribution in [-0.2, 0) is 11.2 Å². The number of benzene rings is 2. The Labute approximate surface area is 194 Å². The van der Waals surface area contributed by atoms with Crippen molar-refractivity contribution in [1.82, 2.24) is 29.3 Å². The summed E-state index contributed by atoms with van der Waals surface area (Å²) < 4.78 is 9.02. The lowest BCUT2D eigenvalue weighted by Gasteiger charge is -2.15. The van der Waals surface area contributed by atoms with Gasteiger partial charge in [0.25, 0.3) is 5.56 Å². The van der Waals surface area contributed by atoms with Crippen molar-refractivity contribution >= 4 is 28.4 Å². The van der Waals surface area contributed by atoms with Crippen LogP contribution >= 0.6 is 11.8 Å². The second-order valence-corrected chi connectivity index (χ2v) is 10.0. The number of aromatic nitrogens is 6. The van der Waals surface area contributed by atoms with Gasteiger partial charge in [-0.3, -0.25) is 9.20 Å². The van der Waals surface area contributed by atoms with Crippen molar-refractivity contribution in [3.05, 3.63) is 75.7 Å². The second kappa shape index (κ2) is 7.84. The Balaban J connectivity index is 1.68. The Morgan fingerprint density at radius 2 is 1.73 bits per heavy atom. The topological polar surface area (TPSA) is 91.1 Å². The maximum atomic E-state index is 13.6. The van der Waals surface area contributed by atoms with Gasteiger partial charge in [-0.2, -0.15) is 4.98 Å². The molecular weight excluding hydrogens is 436 g/mol. The summed E-state index contributed by atoms with van der Waals surface area (Å²) in [6.45, 7) is 10.1. The van der Waals surface area contributed by atoms with Gasteiger partial charge in [0, 0.05) is 5.41 Å². The summed E-state index contributed by atoms with van der Waals surface area (Å²) in [4.78, 5) is 18.1. The van der Waals surface area contributed by atoms with Crippen LogP contribution in [0.25, 0.3) is 22.4 Å². The van der Waals surface area contributed by atoms with E-state index in [4.69, 9.17) is 4.52 Å². The highest BCUT2D eigenvalue weighted by Crippen LogP contribution is 2.28. The number of nitrogens with zero attached hydrogens (tertiary/aromatic N) is 6. The van der Waals surface area contributed by atoms with E-state index in [-0.39, 0.29) is 11.0 Å². The van der Waals surface area contributed by atoms with Gasteiger partial charge in [-0.25, -0.2) is 4.57 Å². The van der Waals surface area contributed by atoms with E-state index in [1.807, 2.05) is 81.5 Å². The molecule has 9 heteroatoms. The van der Waals surface area contributed by atoms with Crippen molar-refractivity contribution in [3.8, 4) is 5.69 Å². The smallest absolute Gasteiger partial charge is 0.267 e. The Morgan fingerprint density at radius 3 is 2.42 bits per heavy atom. The predicted octanol–water partition coefficient (Wildman–Crippen LogP) is 4.62. The molecule has 3 aromatic heterocycles. The van der Waals surface area contributed by atoms with E-state index in [1.165, 1.54) is 11.8 Å². The van der Waals surface area contributed by atoms with Crippen molar-refractivity contribution < 1.29 is 4.52 Å². The first kappa shape index (κ1) is 21.4. The summed E-state index contributed by atoms with van der Waals surface area (Å²) in [6, 6.07) is 13.5. The molecule has 0 spiro atoms. The number of hydrogen-bond acceptors (Lipinski definition) is 7. The minimum Gasteiger partial charge on any atom is -0.338 e. The van der Waals surface area contributed by atoms with E-state index in [1.54, 1.807) is 4.57 Å². The average molecular weight is 461 g/mol. The molecule has 0 aliphatic rings. The van der Waals surface area contributed by atoms with Crippen LogP contribution in [0.5, 0.6) is 0 Å². The molecule has 0 aliphatic heterocycles. The van der Waals surface area contributed by atoms with Gasteiger partial charge < -0.3 is 4.52 Å². The highest BCUT2D eigenvalue weighted by atomic mass is 32.2. The van der Waals surface area contributed by atoms with Gasteiger partial charge in [0.2, 0.25) is 11.7 Å². The molecule has 5 rings (SSSR count). The number of fused-ring (bicyclic) bond motifs is 3. The summed E-state index contributed by atoms with van der Waals surface area (Å²) in [5, 5.41) is 14.2. The fraction of sp³-hybridized carbons (Fsp3) is 0.292. The third-order valence-corrected chi connectivity index (χ3v) is 6.44. The largest absolute Gasteiger partial charge is 0.338 e. The van der Waals surface area contributed by atoms with Crippen LogP contribution in [0.2, 0.25) is 0 Å². The maximum Gasteiger partial charge on any atom is 0.267 e. The van der Waals surface area contributed by atoms with E-state index in [0.717, 1.165) is 22.3 Å². The van der Waals surface area contributed by atoms with Crippen LogP contribution in [-0.4, -0.2) is 29.3 Å². The van der Waals surface area contributed by atoms with Gasteiger partial charge in [-0.15, -0.1) is 10.2 Å². The van der Waals surface area contributed by atoms with Crippen molar-refractivity contribution in [1.29, 1.82) is 0 Å². The van der Waals surface area contributed by atoms with Crippen molar-refractivity contribution in [2.45, 2.75) is 50.9 Å². The highest BCUT2D eigenvalue weighted by Gasteiger charge is 2.23. The van der Waals surface area contributed by atoms with Crippen molar-refractivity contribution in [2.75, 3.05) is 0 Å². The molecule has 0 N–H and O–H groups in total. The summed E-state index contributed by atoms with van der Waals surface area (Å²) in [7, 11) is 0. The number of aryl methyl sites for hydroxylation is 2. The lowest BCUT2D eigenvalue weighted by molar-refractivity contribution is 0.372. The molecule has 0 atom stereocenters. The molecule has 168 valence electrons. The van der Waals surface area contributed by atoms with E-state index in [9.17, 15) is 4.79 Å². The molecule has 0 saturated carbocycles. The van der Waals surface area contributed by atoms with Crippen LogP contribution in [0.4, 0.5) is 0 Å². The zero-order chi connectivity index (χ0) is 23.3. The molecule has 0 unspecified atom stereocenters. The van der Waals surface area contributed by atoms with Crippen LogP contribution in [0.1, 0.15) is 43.6 Å². The SMILES string of the molecule is Cc1cccc(C)c1-n1c(=O)c2ccccc2n2c(SCc3nc(C(C)(C)C)no3)nnc12. The molecular formula is C24H24N6O2S. The Bertz CT molecular complexity index is 1540. The molecule has 3 heterocycles. The Hall–Kier alpha value is -3.46. The maximum absolute atomic E-state index is 13.6. The van der Waals surface area contributed by atoms with Gasteiger partial charge >= 0.3 is 0 Å². The summed E-state index contributed by atoms with van der Waals surface area (Å²) in [5.74, 6) is 2.10.